The van der Waals surface area contributed by atoms with E-state index in [9.17, 15) is 5.11 Å². The van der Waals surface area contributed by atoms with Crippen LogP contribution >= 0.6 is 23.2 Å². The summed E-state index contributed by atoms with van der Waals surface area (Å²) in [6.07, 6.45) is 0.725. The second-order valence-corrected chi connectivity index (χ2v) is 8.16. The first-order valence-electron chi connectivity index (χ1n) is 9.90. The molecule has 3 aromatic rings. The number of nitriles is 1. The van der Waals surface area contributed by atoms with Crippen LogP contribution in [0.5, 0.6) is 0 Å². The van der Waals surface area contributed by atoms with Crippen LogP contribution in [0.3, 0.4) is 0 Å². The summed E-state index contributed by atoms with van der Waals surface area (Å²) >= 11 is 12.6. The van der Waals surface area contributed by atoms with Crippen LogP contribution in [0.25, 0.3) is 0 Å². The summed E-state index contributed by atoms with van der Waals surface area (Å²) in [5.74, 6) is 0.156. The lowest BCUT2D eigenvalue weighted by molar-refractivity contribution is 0.181. The minimum Gasteiger partial charge on any atom is -0.395 e. The SMILES string of the molecule is N#Cc1ccc(CC(CN(CCO)Cc2ccccc2)c2ccc(Cl)cc2)c(Cl)c1. The molecular weight excluding hydrogens is 415 g/mol. The number of hydrogen-bond acceptors (Lipinski definition) is 3. The maximum Gasteiger partial charge on any atom is 0.0992 e. The van der Waals surface area contributed by atoms with Gasteiger partial charge in [0, 0.05) is 35.6 Å². The van der Waals surface area contributed by atoms with E-state index in [0.717, 1.165) is 30.6 Å². The Morgan fingerprint density at radius 3 is 2.33 bits per heavy atom. The van der Waals surface area contributed by atoms with Crippen molar-refractivity contribution in [3.63, 3.8) is 0 Å². The molecule has 0 heterocycles. The zero-order valence-corrected chi connectivity index (χ0v) is 18.2. The summed E-state index contributed by atoms with van der Waals surface area (Å²) < 4.78 is 0. The Morgan fingerprint density at radius 1 is 0.967 bits per heavy atom. The molecule has 1 N–H and O–H groups in total. The third-order valence-electron chi connectivity index (χ3n) is 5.13. The smallest absolute Gasteiger partial charge is 0.0992 e. The zero-order chi connectivity index (χ0) is 21.3. The number of aliphatic hydroxyl groups is 1. The van der Waals surface area contributed by atoms with Gasteiger partial charge in [0.1, 0.15) is 0 Å². The van der Waals surface area contributed by atoms with Crippen LogP contribution in [-0.4, -0.2) is 29.7 Å². The summed E-state index contributed by atoms with van der Waals surface area (Å²) in [7, 11) is 0. The highest BCUT2D eigenvalue weighted by atomic mass is 35.5. The van der Waals surface area contributed by atoms with Crippen molar-refractivity contribution in [2.45, 2.75) is 18.9 Å². The fourth-order valence-electron chi connectivity index (χ4n) is 3.60. The molecule has 5 heteroatoms. The van der Waals surface area contributed by atoms with Gasteiger partial charge in [-0.2, -0.15) is 5.26 Å². The first-order chi connectivity index (χ1) is 14.6. The molecular formula is C25H24Cl2N2O. The first-order valence-corrected chi connectivity index (χ1v) is 10.7. The Bertz CT molecular complexity index is 984. The molecule has 1 unspecified atom stereocenters. The van der Waals surface area contributed by atoms with Crippen LogP contribution in [0, 0.1) is 11.3 Å². The van der Waals surface area contributed by atoms with Crippen molar-refractivity contribution in [1.29, 1.82) is 5.26 Å². The highest BCUT2D eigenvalue weighted by Gasteiger charge is 2.19. The monoisotopic (exact) mass is 438 g/mol. The molecule has 0 saturated carbocycles. The van der Waals surface area contributed by atoms with Crippen LogP contribution < -0.4 is 0 Å². The normalized spacial score (nSPS) is 12.0. The molecule has 0 aliphatic rings. The lowest BCUT2D eigenvalue weighted by Gasteiger charge is -2.28. The third-order valence-corrected chi connectivity index (χ3v) is 5.74. The van der Waals surface area contributed by atoms with Gasteiger partial charge in [-0.1, -0.05) is 71.7 Å². The van der Waals surface area contributed by atoms with Gasteiger partial charge >= 0.3 is 0 Å². The minimum absolute atomic E-state index is 0.0950. The van der Waals surface area contributed by atoms with Gasteiger partial charge in [0.15, 0.2) is 0 Å². The Labute approximate surface area is 188 Å². The molecule has 0 radical (unpaired) electrons. The summed E-state index contributed by atoms with van der Waals surface area (Å²) in [4.78, 5) is 2.26. The Morgan fingerprint density at radius 2 is 1.70 bits per heavy atom. The molecule has 0 saturated heterocycles. The zero-order valence-electron chi connectivity index (χ0n) is 16.6. The number of halogens is 2. The molecule has 30 heavy (non-hydrogen) atoms. The summed E-state index contributed by atoms with van der Waals surface area (Å²) in [5, 5.41) is 20.0. The minimum atomic E-state index is 0.0950. The van der Waals surface area contributed by atoms with Crippen molar-refractivity contribution in [2.75, 3.05) is 19.7 Å². The average Bonchev–Trinajstić information content (AvgIpc) is 2.76. The van der Waals surface area contributed by atoms with Gasteiger partial charge in [-0.15, -0.1) is 0 Å². The van der Waals surface area contributed by atoms with Crippen LogP contribution in [0.1, 0.15) is 28.2 Å². The predicted octanol–water partition coefficient (Wildman–Crippen LogP) is 5.69. The number of rotatable bonds is 9. The maximum absolute atomic E-state index is 9.62. The van der Waals surface area contributed by atoms with Gasteiger partial charge in [0.25, 0.3) is 0 Å². The molecule has 3 aromatic carbocycles. The lowest BCUT2D eigenvalue weighted by Crippen LogP contribution is -2.31. The van der Waals surface area contributed by atoms with Crippen molar-refractivity contribution in [1.82, 2.24) is 4.90 Å². The summed E-state index contributed by atoms with van der Waals surface area (Å²) in [6, 6.07) is 25.7. The molecule has 3 rings (SSSR count). The highest BCUT2D eigenvalue weighted by Crippen LogP contribution is 2.28. The largest absolute Gasteiger partial charge is 0.395 e. The van der Waals surface area contributed by atoms with Gasteiger partial charge < -0.3 is 5.11 Å². The van der Waals surface area contributed by atoms with Crippen molar-refractivity contribution in [3.8, 4) is 6.07 Å². The third kappa shape index (κ3) is 6.32. The molecule has 0 aliphatic heterocycles. The number of nitrogens with zero attached hydrogens (tertiary/aromatic N) is 2. The second-order valence-electron chi connectivity index (χ2n) is 7.31. The van der Waals surface area contributed by atoms with Crippen LogP contribution in [0.2, 0.25) is 10.0 Å². The fraction of sp³-hybridized carbons (Fsp3) is 0.240. The van der Waals surface area contributed by atoms with Gasteiger partial charge in [-0.25, -0.2) is 0 Å². The Balaban J connectivity index is 1.86. The molecule has 0 aliphatic carbocycles. The van der Waals surface area contributed by atoms with E-state index < -0.39 is 0 Å². The number of hydrogen-bond donors (Lipinski definition) is 1. The van der Waals surface area contributed by atoms with Crippen molar-refractivity contribution < 1.29 is 5.11 Å². The van der Waals surface area contributed by atoms with E-state index in [0.29, 0.717) is 22.2 Å². The highest BCUT2D eigenvalue weighted by molar-refractivity contribution is 6.31. The maximum atomic E-state index is 9.62. The van der Waals surface area contributed by atoms with Crippen molar-refractivity contribution in [2.24, 2.45) is 0 Å². The van der Waals surface area contributed by atoms with E-state index in [1.165, 1.54) is 5.56 Å². The van der Waals surface area contributed by atoms with Crippen molar-refractivity contribution >= 4 is 23.2 Å². The standard InChI is InChI=1S/C25H24Cl2N2O/c26-24-10-8-21(9-11-24)23(15-22-7-6-20(16-28)14-25(22)27)18-29(12-13-30)17-19-4-2-1-3-5-19/h1-11,14,23,30H,12-13,15,17-18H2. The van der Waals surface area contributed by atoms with E-state index in [4.69, 9.17) is 28.5 Å². The second kappa shape index (κ2) is 11.2. The molecule has 0 fully saturated rings. The van der Waals surface area contributed by atoms with E-state index in [1.807, 2.05) is 48.5 Å². The quantitative estimate of drug-likeness (QED) is 0.466. The van der Waals surface area contributed by atoms with E-state index in [2.05, 4.69) is 23.1 Å². The molecule has 154 valence electrons. The predicted molar refractivity (Wildman–Crippen MR) is 123 cm³/mol. The average molecular weight is 439 g/mol. The number of benzene rings is 3. The molecule has 0 amide bonds. The van der Waals surface area contributed by atoms with E-state index in [1.54, 1.807) is 12.1 Å². The summed E-state index contributed by atoms with van der Waals surface area (Å²) in [6.45, 7) is 2.19. The number of aliphatic hydroxyl groups excluding tert-OH is 1. The Kier molecular flexibility index (Phi) is 8.30. The summed E-state index contributed by atoms with van der Waals surface area (Å²) in [5.41, 5.74) is 3.92. The van der Waals surface area contributed by atoms with Crippen LogP contribution in [0.15, 0.2) is 72.8 Å². The van der Waals surface area contributed by atoms with E-state index in [-0.39, 0.29) is 12.5 Å². The van der Waals surface area contributed by atoms with Gasteiger partial charge in [-0.3, -0.25) is 4.90 Å². The van der Waals surface area contributed by atoms with Gasteiger partial charge in [0.05, 0.1) is 18.2 Å². The topological polar surface area (TPSA) is 47.3 Å². The first kappa shape index (κ1) is 22.3. The molecule has 1 atom stereocenters. The van der Waals surface area contributed by atoms with Crippen LogP contribution in [0.4, 0.5) is 0 Å². The van der Waals surface area contributed by atoms with E-state index >= 15 is 0 Å². The molecule has 3 nitrogen and oxygen atoms in total. The van der Waals surface area contributed by atoms with Crippen molar-refractivity contribution in [3.05, 3.63) is 105 Å². The fourth-order valence-corrected chi connectivity index (χ4v) is 3.98. The van der Waals surface area contributed by atoms with Gasteiger partial charge in [0.2, 0.25) is 0 Å². The molecule has 0 spiro atoms. The molecule has 0 bridgehead atoms. The van der Waals surface area contributed by atoms with Gasteiger partial charge in [-0.05, 0) is 47.4 Å². The van der Waals surface area contributed by atoms with Crippen LogP contribution in [-0.2, 0) is 13.0 Å². The molecule has 0 aromatic heterocycles. The lowest BCUT2D eigenvalue weighted by atomic mass is 9.91. The Hall–Kier alpha value is -2.35.